The van der Waals surface area contributed by atoms with E-state index in [4.69, 9.17) is 15.7 Å². The van der Waals surface area contributed by atoms with Crippen molar-refractivity contribution in [1.29, 1.82) is 0 Å². The molecule has 2 fully saturated rings. The number of aromatic nitrogens is 2. The van der Waals surface area contributed by atoms with Crippen molar-refractivity contribution >= 4 is 22.7 Å². The first-order valence-corrected chi connectivity index (χ1v) is 11.5. The number of nitrogens with zero attached hydrogens (tertiary/aromatic N) is 3. The molecular formula is C23H36N6. The fraction of sp³-hybridized carbons (Fsp3) is 0.652. The topological polar surface area (TPSA) is 79.1 Å². The van der Waals surface area contributed by atoms with Crippen molar-refractivity contribution in [2.24, 2.45) is 17.6 Å². The number of hydrogen-bond acceptors (Lipinski definition) is 6. The molecule has 6 heteroatoms. The van der Waals surface area contributed by atoms with Crippen LogP contribution in [0, 0.1) is 11.8 Å². The number of nitrogens with two attached hydrogens (primary N) is 1. The third-order valence-electron chi connectivity index (χ3n) is 6.62. The van der Waals surface area contributed by atoms with Gasteiger partial charge in [-0.15, -0.1) is 0 Å². The first-order valence-electron chi connectivity index (χ1n) is 11.5. The molecule has 1 aromatic heterocycles. The molecule has 158 valence electrons. The average Bonchev–Trinajstić information content (AvgIpc) is 2.79. The average molecular weight is 397 g/mol. The maximum Gasteiger partial charge on any atom is 0.225 e. The number of benzene rings is 1. The van der Waals surface area contributed by atoms with E-state index >= 15 is 0 Å². The molecule has 2 aliphatic rings. The molecule has 6 nitrogen and oxygen atoms in total. The van der Waals surface area contributed by atoms with Gasteiger partial charge in [0.15, 0.2) is 0 Å². The molecule has 2 heterocycles. The normalized spacial score (nSPS) is 23.2. The van der Waals surface area contributed by atoms with Crippen LogP contribution in [0.1, 0.15) is 44.9 Å². The van der Waals surface area contributed by atoms with E-state index in [1.165, 1.54) is 58.0 Å². The Morgan fingerprint density at radius 2 is 1.69 bits per heavy atom. The standard InChI is InChI=1S/C23H36N6/c24-16-18-8-10-19(11-9-18)17-26-23-27-21-7-3-2-6-20(21)22(28-23)25-12-15-29-13-4-1-5-14-29/h2-3,6-7,18-19H,1,4-5,8-17,24H2,(H2,25,26,27,28). The van der Waals surface area contributed by atoms with Gasteiger partial charge in [-0.05, 0) is 82.1 Å². The Bertz CT molecular complexity index is 765. The number of fused-ring (bicyclic) bond motifs is 1. The van der Waals surface area contributed by atoms with Crippen molar-refractivity contribution in [2.75, 3.05) is 49.9 Å². The largest absolute Gasteiger partial charge is 0.368 e. The molecule has 1 aliphatic carbocycles. The summed E-state index contributed by atoms with van der Waals surface area (Å²) in [6.45, 7) is 6.23. The van der Waals surface area contributed by atoms with Crippen LogP contribution in [0.3, 0.4) is 0 Å². The highest BCUT2D eigenvalue weighted by atomic mass is 15.2. The van der Waals surface area contributed by atoms with Gasteiger partial charge in [0.2, 0.25) is 5.95 Å². The van der Waals surface area contributed by atoms with Gasteiger partial charge in [0.1, 0.15) is 5.82 Å². The highest BCUT2D eigenvalue weighted by Gasteiger charge is 2.20. The Morgan fingerprint density at radius 3 is 2.48 bits per heavy atom. The lowest BCUT2D eigenvalue weighted by Crippen LogP contribution is -2.33. The Kier molecular flexibility index (Phi) is 7.17. The van der Waals surface area contributed by atoms with Gasteiger partial charge in [0.25, 0.3) is 0 Å². The summed E-state index contributed by atoms with van der Waals surface area (Å²) in [5.74, 6) is 3.11. The van der Waals surface area contributed by atoms with E-state index in [0.717, 1.165) is 54.8 Å². The fourth-order valence-electron chi connectivity index (χ4n) is 4.71. The van der Waals surface area contributed by atoms with Gasteiger partial charge >= 0.3 is 0 Å². The highest BCUT2D eigenvalue weighted by Crippen LogP contribution is 2.28. The molecule has 1 saturated heterocycles. The van der Waals surface area contributed by atoms with E-state index in [1.54, 1.807) is 0 Å². The molecule has 0 radical (unpaired) electrons. The Morgan fingerprint density at radius 1 is 0.931 bits per heavy atom. The zero-order chi connectivity index (χ0) is 19.9. The maximum absolute atomic E-state index is 5.83. The van der Waals surface area contributed by atoms with Crippen LogP contribution in [0.15, 0.2) is 24.3 Å². The lowest BCUT2D eigenvalue weighted by Gasteiger charge is -2.27. The van der Waals surface area contributed by atoms with Crippen molar-refractivity contribution in [2.45, 2.75) is 44.9 Å². The van der Waals surface area contributed by atoms with Crippen molar-refractivity contribution in [3.8, 4) is 0 Å². The van der Waals surface area contributed by atoms with E-state index in [9.17, 15) is 0 Å². The Hall–Kier alpha value is -1.92. The quantitative estimate of drug-likeness (QED) is 0.631. The van der Waals surface area contributed by atoms with Gasteiger partial charge in [-0.1, -0.05) is 18.6 Å². The molecule has 0 unspecified atom stereocenters. The number of piperidine rings is 1. The van der Waals surface area contributed by atoms with E-state index in [-0.39, 0.29) is 0 Å². The Balaban J connectivity index is 1.37. The number of rotatable bonds is 8. The number of anilines is 2. The summed E-state index contributed by atoms with van der Waals surface area (Å²) in [5, 5.41) is 8.19. The van der Waals surface area contributed by atoms with Crippen molar-refractivity contribution in [1.82, 2.24) is 14.9 Å². The molecule has 1 saturated carbocycles. The van der Waals surface area contributed by atoms with Gasteiger partial charge in [-0.2, -0.15) is 4.98 Å². The predicted octanol–water partition coefficient (Wildman–Crippen LogP) is 3.70. The van der Waals surface area contributed by atoms with Gasteiger partial charge in [-0.3, -0.25) is 0 Å². The third-order valence-corrected chi connectivity index (χ3v) is 6.62. The summed E-state index contributed by atoms with van der Waals surface area (Å²) in [6.07, 6.45) is 9.06. The maximum atomic E-state index is 5.83. The number of para-hydroxylation sites is 1. The predicted molar refractivity (Wildman–Crippen MR) is 121 cm³/mol. The SMILES string of the molecule is NCC1CCC(CNc2nc(NCCN3CCCCC3)c3ccccc3n2)CC1. The molecule has 0 amide bonds. The Labute approximate surface area is 174 Å². The summed E-state index contributed by atoms with van der Waals surface area (Å²) in [4.78, 5) is 12.1. The molecular weight excluding hydrogens is 360 g/mol. The number of likely N-dealkylation sites (tertiary alicyclic amines) is 1. The summed E-state index contributed by atoms with van der Waals surface area (Å²) in [6, 6.07) is 8.29. The second-order valence-electron chi connectivity index (χ2n) is 8.75. The zero-order valence-corrected chi connectivity index (χ0v) is 17.6. The highest BCUT2D eigenvalue weighted by molar-refractivity contribution is 5.90. The lowest BCUT2D eigenvalue weighted by molar-refractivity contribution is 0.237. The van der Waals surface area contributed by atoms with Gasteiger partial charge < -0.3 is 21.3 Å². The molecule has 4 rings (SSSR count). The minimum atomic E-state index is 0.698. The van der Waals surface area contributed by atoms with Crippen molar-refractivity contribution in [3.05, 3.63) is 24.3 Å². The molecule has 1 aromatic carbocycles. The van der Waals surface area contributed by atoms with Crippen LogP contribution in [0.2, 0.25) is 0 Å². The number of hydrogen-bond donors (Lipinski definition) is 3. The second kappa shape index (κ2) is 10.2. The van der Waals surface area contributed by atoms with Crippen molar-refractivity contribution < 1.29 is 0 Å². The van der Waals surface area contributed by atoms with Gasteiger partial charge in [-0.25, -0.2) is 4.98 Å². The second-order valence-corrected chi connectivity index (χ2v) is 8.75. The van der Waals surface area contributed by atoms with Crippen LogP contribution in [-0.2, 0) is 0 Å². The summed E-state index contributed by atoms with van der Waals surface area (Å²) in [5.41, 5.74) is 6.82. The van der Waals surface area contributed by atoms with E-state index < -0.39 is 0 Å². The van der Waals surface area contributed by atoms with Crippen LogP contribution >= 0.6 is 0 Å². The third kappa shape index (κ3) is 5.58. The smallest absolute Gasteiger partial charge is 0.225 e. The van der Waals surface area contributed by atoms with E-state index in [1.807, 2.05) is 6.07 Å². The van der Waals surface area contributed by atoms with Crippen LogP contribution in [0.5, 0.6) is 0 Å². The van der Waals surface area contributed by atoms with Gasteiger partial charge in [0, 0.05) is 25.0 Å². The molecule has 0 bridgehead atoms. The minimum Gasteiger partial charge on any atom is -0.368 e. The molecule has 2 aromatic rings. The summed E-state index contributed by atoms with van der Waals surface area (Å²) in [7, 11) is 0. The summed E-state index contributed by atoms with van der Waals surface area (Å²) >= 11 is 0. The minimum absolute atomic E-state index is 0.698. The van der Waals surface area contributed by atoms with Gasteiger partial charge in [0.05, 0.1) is 5.52 Å². The summed E-state index contributed by atoms with van der Waals surface area (Å²) < 4.78 is 0. The van der Waals surface area contributed by atoms with Crippen LogP contribution in [0.4, 0.5) is 11.8 Å². The molecule has 0 atom stereocenters. The van der Waals surface area contributed by atoms with E-state index in [0.29, 0.717) is 5.92 Å². The van der Waals surface area contributed by atoms with Crippen LogP contribution < -0.4 is 16.4 Å². The fourth-order valence-corrected chi connectivity index (χ4v) is 4.71. The first kappa shape index (κ1) is 20.4. The van der Waals surface area contributed by atoms with Crippen LogP contribution in [-0.4, -0.2) is 54.1 Å². The molecule has 0 spiro atoms. The van der Waals surface area contributed by atoms with Crippen molar-refractivity contribution in [3.63, 3.8) is 0 Å². The van der Waals surface area contributed by atoms with E-state index in [2.05, 4.69) is 33.7 Å². The molecule has 1 aliphatic heterocycles. The number of nitrogens with one attached hydrogen (secondary N) is 2. The van der Waals surface area contributed by atoms with Crippen LogP contribution in [0.25, 0.3) is 10.9 Å². The molecule has 29 heavy (non-hydrogen) atoms. The zero-order valence-electron chi connectivity index (χ0n) is 17.6. The first-order chi connectivity index (χ1) is 14.3. The monoisotopic (exact) mass is 396 g/mol. The molecule has 4 N–H and O–H groups in total. The lowest BCUT2D eigenvalue weighted by atomic mass is 9.82.